The van der Waals surface area contributed by atoms with Gasteiger partial charge in [-0.05, 0) is 35.9 Å². The minimum atomic E-state index is -0.984. The Morgan fingerprint density at radius 1 is 1.23 bits per heavy atom. The second-order valence-corrected chi connectivity index (χ2v) is 6.16. The van der Waals surface area contributed by atoms with E-state index in [9.17, 15) is 9.90 Å². The van der Waals surface area contributed by atoms with Crippen LogP contribution in [-0.4, -0.2) is 29.3 Å². The van der Waals surface area contributed by atoms with Crippen LogP contribution in [0.25, 0.3) is 22.7 Å². The van der Waals surface area contributed by atoms with Crippen molar-refractivity contribution in [2.75, 3.05) is 13.2 Å². The van der Waals surface area contributed by atoms with E-state index in [4.69, 9.17) is 25.5 Å². The van der Waals surface area contributed by atoms with Crippen LogP contribution in [0.5, 0.6) is 11.5 Å². The smallest absolute Gasteiger partial charge is 0.308 e. The van der Waals surface area contributed by atoms with Crippen molar-refractivity contribution in [2.45, 2.75) is 6.42 Å². The summed E-state index contributed by atoms with van der Waals surface area (Å²) >= 11 is 6.26. The number of carbonyl (C=O) groups is 1. The van der Waals surface area contributed by atoms with Gasteiger partial charge in [-0.3, -0.25) is 4.79 Å². The van der Waals surface area contributed by atoms with Gasteiger partial charge in [0, 0.05) is 5.57 Å². The number of aliphatic carboxylic acids is 1. The van der Waals surface area contributed by atoms with Crippen molar-refractivity contribution in [1.29, 1.82) is 0 Å². The second kappa shape index (κ2) is 6.72. The van der Waals surface area contributed by atoms with E-state index in [0.717, 1.165) is 0 Å². The zero-order chi connectivity index (χ0) is 18.1. The van der Waals surface area contributed by atoms with Crippen LogP contribution in [0.1, 0.15) is 17.9 Å². The van der Waals surface area contributed by atoms with Crippen LogP contribution < -0.4 is 9.47 Å². The fourth-order valence-electron chi connectivity index (χ4n) is 2.78. The van der Waals surface area contributed by atoms with E-state index in [1.807, 2.05) is 18.2 Å². The number of aromatic nitrogens is 1. The molecule has 26 heavy (non-hydrogen) atoms. The van der Waals surface area contributed by atoms with Gasteiger partial charge in [-0.1, -0.05) is 23.7 Å². The molecule has 3 aromatic rings. The van der Waals surface area contributed by atoms with Crippen molar-refractivity contribution < 1.29 is 23.8 Å². The van der Waals surface area contributed by atoms with Gasteiger partial charge in [-0.2, -0.15) is 0 Å². The number of carboxylic acid groups (broad SMARTS) is 1. The van der Waals surface area contributed by atoms with Gasteiger partial charge < -0.3 is 19.0 Å². The van der Waals surface area contributed by atoms with Gasteiger partial charge >= 0.3 is 5.97 Å². The Labute approximate surface area is 153 Å². The van der Waals surface area contributed by atoms with E-state index in [0.29, 0.717) is 52.0 Å². The first-order valence-electron chi connectivity index (χ1n) is 7.97. The molecule has 0 radical (unpaired) electrons. The highest BCUT2D eigenvalue weighted by Gasteiger charge is 2.18. The molecule has 0 saturated heterocycles. The number of oxazole rings is 1. The number of nitrogens with zero attached hydrogens (tertiary/aromatic N) is 1. The maximum absolute atomic E-state index is 11.3. The second-order valence-electron chi connectivity index (χ2n) is 5.75. The number of halogens is 1. The maximum Gasteiger partial charge on any atom is 0.308 e. The van der Waals surface area contributed by atoms with Crippen molar-refractivity contribution in [1.82, 2.24) is 4.98 Å². The maximum atomic E-state index is 11.3. The Morgan fingerprint density at radius 2 is 2.04 bits per heavy atom. The summed E-state index contributed by atoms with van der Waals surface area (Å²) in [7, 11) is 0. The number of hydrogen-bond acceptors (Lipinski definition) is 5. The fourth-order valence-corrected chi connectivity index (χ4v) is 3.05. The highest BCUT2D eigenvalue weighted by Crippen LogP contribution is 2.39. The molecule has 6 nitrogen and oxygen atoms in total. The molecule has 1 N–H and O–H groups in total. The average Bonchev–Trinajstić information content (AvgIpc) is 3.05. The molecule has 0 fully saturated rings. The van der Waals surface area contributed by atoms with Crippen molar-refractivity contribution >= 4 is 40.3 Å². The van der Waals surface area contributed by atoms with Gasteiger partial charge in [0.2, 0.25) is 5.89 Å². The van der Waals surface area contributed by atoms with Crippen LogP contribution in [0.4, 0.5) is 0 Å². The molecule has 0 amide bonds. The quantitative estimate of drug-likeness (QED) is 0.737. The van der Waals surface area contributed by atoms with Gasteiger partial charge in [0.25, 0.3) is 0 Å². The van der Waals surface area contributed by atoms with Crippen molar-refractivity contribution in [3.05, 3.63) is 52.9 Å². The molecule has 1 aliphatic heterocycles. The van der Waals surface area contributed by atoms with Crippen LogP contribution in [0, 0.1) is 0 Å². The Bertz CT molecular complexity index is 991. The van der Waals surface area contributed by atoms with E-state index >= 15 is 0 Å². The molecule has 2 aromatic carbocycles. The van der Waals surface area contributed by atoms with Crippen molar-refractivity contribution in [2.24, 2.45) is 0 Å². The average molecular weight is 372 g/mol. The normalized spacial score (nSPS) is 13.8. The lowest BCUT2D eigenvalue weighted by molar-refractivity contribution is -0.135. The van der Waals surface area contributed by atoms with Gasteiger partial charge in [-0.25, -0.2) is 4.98 Å². The molecule has 132 valence electrons. The van der Waals surface area contributed by atoms with Gasteiger partial charge in [0.1, 0.15) is 18.7 Å². The van der Waals surface area contributed by atoms with Crippen molar-refractivity contribution in [3.8, 4) is 11.5 Å². The summed E-state index contributed by atoms with van der Waals surface area (Å²) in [5, 5.41) is 9.67. The number of rotatable bonds is 4. The topological polar surface area (TPSA) is 81.8 Å². The summed E-state index contributed by atoms with van der Waals surface area (Å²) in [6.45, 7) is 0.874. The molecular formula is C19H14ClNO5. The minimum Gasteiger partial charge on any atom is -0.486 e. The molecule has 0 aliphatic carbocycles. The highest BCUT2D eigenvalue weighted by molar-refractivity contribution is 6.32. The molecule has 2 heterocycles. The largest absolute Gasteiger partial charge is 0.486 e. The third kappa shape index (κ3) is 3.23. The number of fused-ring (bicyclic) bond motifs is 2. The predicted octanol–water partition coefficient (Wildman–Crippen LogP) is 4.27. The van der Waals surface area contributed by atoms with Gasteiger partial charge in [0.05, 0.1) is 11.4 Å². The lowest BCUT2D eigenvalue weighted by Crippen LogP contribution is -2.15. The molecule has 0 saturated carbocycles. The molecule has 4 rings (SSSR count). The zero-order valence-electron chi connectivity index (χ0n) is 13.6. The molecular weight excluding hydrogens is 358 g/mol. The van der Waals surface area contributed by atoms with Crippen LogP contribution in [0.15, 0.2) is 40.8 Å². The molecule has 0 bridgehead atoms. The third-order valence-electron chi connectivity index (χ3n) is 3.87. The van der Waals surface area contributed by atoms with Crippen molar-refractivity contribution in [3.63, 3.8) is 0 Å². The Hall–Kier alpha value is -2.99. The fraction of sp³-hybridized carbons (Fsp3) is 0.158. The Morgan fingerprint density at radius 3 is 2.85 bits per heavy atom. The number of benzene rings is 2. The lowest BCUT2D eigenvalue weighted by Gasteiger charge is -2.19. The van der Waals surface area contributed by atoms with E-state index in [1.165, 1.54) is 0 Å². The first kappa shape index (κ1) is 16.5. The Kier molecular flexibility index (Phi) is 4.26. The standard InChI is InChI=1S/C19H14ClNO5/c20-13-8-11(9-16-18(13)25-6-5-24-16)7-12(10-17(22)23)19-21-14-3-1-2-4-15(14)26-19/h1-4,7-9H,5-6,10H2,(H,22,23)/b12-7+. The minimum absolute atomic E-state index is 0.237. The van der Waals surface area contributed by atoms with E-state index in [-0.39, 0.29) is 12.3 Å². The zero-order valence-corrected chi connectivity index (χ0v) is 14.3. The summed E-state index contributed by atoms with van der Waals surface area (Å²) in [5.41, 5.74) is 2.37. The summed E-state index contributed by atoms with van der Waals surface area (Å²) < 4.78 is 16.8. The summed E-state index contributed by atoms with van der Waals surface area (Å²) in [5.74, 6) is 0.306. The highest BCUT2D eigenvalue weighted by atomic mass is 35.5. The predicted molar refractivity (Wildman–Crippen MR) is 96.6 cm³/mol. The van der Waals surface area contributed by atoms with Crippen LogP contribution in [0.3, 0.4) is 0 Å². The third-order valence-corrected chi connectivity index (χ3v) is 4.15. The molecule has 1 aliphatic rings. The lowest BCUT2D eigenvalue weighted by atomic mass is 10.1. The van der Waals surface area contributed by atoms with E-state index in [1.54, 1.807) is 24.3 Å². The summed E-state index contributed by atoms with van der Waals surface area (Å²) in [4.78, 5) is 15.7. The number of hydrogen-bond donors (Lipinski definition) is 1. The first-order valence-corrected chi connectivity index (χ1v) is 8.35. The molecule has 7 heteroatoms. The van der Waals surface area contributed by atoms with Crippen LogP contribution in [-0.2, 0) is 4.79 Å². The molecule has 1 aromatic heterocycles. The number of para-hydroxylation sites is 2. The number of ether oxygens (including phenoxy) is 2. The Balaban J connectivity index is 1.79. The summed E-state index contributed by atoms with van der Waals surface area (Å²) in [6.07, 6.45) is 1.45. The van der Waals surface area contributed by atoms with Gasteiger partial charge in [0.15, 0.2) is 17.1 Å². The van der Waals surface area contributed by atoms with Crippen LogP contribution in [0.2, 0.25) is 5.02 Å². The van der Waals surface area contributed by atoms with Crippen LogP contribution >= 0.6 is 11.6 Å². The number of carboxylic acids is 1. The first-order chi connectivity index (χ1) is 12.6. The SMILES string of the molecule is O=C(O)C/C(=C\c1cc(Cl)c2c(c1)OCCO2)c1nc2ccccc2o1. The molecule has 0 spiro atoms. The summed E-state index contributed by atoms with van der Waals surface area (Å²) in [6, 6.07) is 10.7. The monoisotopic (exact) mass is 371 g/mol. The molecule has 0 atom stereocenters. The van der Waals surface area contributed by atoms with E-state index in [2.05, 4.69) is 4.98 Å². The molecule has 0 unspecified atom stereocenters. The van der Waals surface area contributed by atoms with Gasteiger partial charge in [-0.15, -0.1) is 0 Å². The van der Waals surface area contributed by atoms with E-state index < -0.39 is 5.97 Å².